The molecule has 2 aromatic rings. The number of hydrogen-bond donors (Lipinski definition) is 2. The summed E-state index contributed by atoms with van der Waals surface area (Å²) >= 11 is 11.9. The highest BCUT2D eigenvalue weighted by molar-refractivity contribution is 6.36. The maximum absolute atomic E-state index is 12.7. The zero-order chi connectivity index (χ0) is 22.3. The summed E-state index contributed by atoms with van der Waals surface area (Å²) in [5.74, 6) is -0.668. The Balaban J connectivity index is 2.01. The van der Waals surface area contributed by atoms with Crippen molar-refractivity contribution in [2.75, 3.05) is 0 Å². The van der Waals surface area contributed by atoms with Crippen molar-refractivity contribution >= 4 is 35.0 Å². The van der Waals surface area contributed by atoms with Gasteiger partial charge in [0, 0.05) is 11.6 Å². The first-order valence-corrected chi connectivity index (χ1v) is 9.98. The second kappa shape index (κ2) is 11.1. The molecule has 2 rings (SSSR count). The Morgan fingerprint density at radius 3 is 2.30 bits per heavy atom. The molecule has 0 spiro atoms. The van der Waals surface area contributed by atoms with Crippen molar-refractivity contribution in [2.24, 2.45) is 5.92 Å². The van der Waals surface area contributed by atoms with Crippen molar-refractivity contribution in [1.29, 1.82) is 0 Å². The molecule has 2 aromatic carbocycles. The van der Waals surface area contributed by atoms with Gasteiger partial charge in [-0.3, -0.25) is 9.59 Å². The largest absolute Gasteiger partial charge is 0.435 e. The smallest absolute Gasteiger partial charge is 0.387 e. The van der Waals surface area contributed by atoms with Crippen LogP contribution in [0.15, 0.2) is 42.5 Å². The van der Waals surface area contributed by atoms with E-state index < -0.39 is 18.6 Å². The summed E-state index contributed by atoms with van der Waals surface area (Å²) in [6, 6.07) is 9.65. The zero-order valence-corrected chi connectivity index (χ0v) is 17.9. The summed E-state index contributed by atoms with van der Waals surface area (Å²) in [5, 5.41) is 6.05. The van der Waals surface area contributed by atoms with E-state index in [2.05, 4.69) is 15.4 Å². The lowest BCUT2D eigenvalue weighted by molar-refractivity contribution is -0.123. The lowest BCUT2D eigenvalue weighted by Crippen LogP contribution is -2.47. The van der Waals surface area contributed by atoms with E-state index in [0.29, 0.717) is 17.0 Å². The average molecular weight is 459 g/mol. The van der Waals surface area contributed by atoms with Gasteiger partial charge in [-0.15, -0.1) is 0 Å². The van der Waals surface area contributed by atoms with Gasteiger partial charge in [0.15, 0.2) is 0 Å². The van der Waals surface area contributed by atoms with Crippen molar-refractivity contribution in [2.45, 2.75) is 39.5 Å². The van der Waals surface area contributed by atoms with Gasteiger partial charge in [0.05, 0.1) is 10.6 Å². The number of carbonyl (C=O) groups excluding carboxylic acids is 2. The second-order valence-electron chi connectivity index (χ2n) is 7.02. The van der Waals surface area contributed by atoms with E-state index in [4.69, 9.17) is 23.2 Å². The van der Waals surface area contributed by atoms with Crippen molar-refractivity contribution in [3.8, 4) is 5.75 Å². The monoisotopic (exact) mass is 458 g/mol. The molecule has 9 heteroatoms. The molecule has 0 aliphatic rings. The number of halogens is 4. The molecule has 0 aliphatic heterocycles. The van der Waals surface area contributed by atoms with Gasteiger partial charge in [-0.25, -0.2) is 0 Å². The Morgan fingerprint density at radius 2 is 1.73 bits per heavy atom. The highest BCUT2D eigenvalue weighted by Crippen LogP contribution is 2.21. The third-order valence-corrected chi connectivity index (χ3v) is 4.67. The van der Waals surface area contributed by atoms with E-state index in [1.54, 1.807) is 18.2 Å². The van der Waals surface area contributed by atoms with Crippen molar-refractivity contribution < 1.29 is 23.1 Å². The number of ether oxygens (including phenoxy) is 1. The predicted octanol–water partition coefficient (Wildman–Crippen LogP) is 5.06. The standard InChI is InChI=1S/C21H22Cl2F2N2O3/c1-12(2)9-18(27-19(28)16-8-5-14(22)10-17(16)23)20(29)26-11-13-3-6-15(7-4-13)30-21(24)25/h3-8,10,12,18,21H,9,11H2,1-2H3,(H,26,29)(H,27,28). The number of benzene rings is 2. The molecule has 2 amide bonds. The average Bonchev–Trinajstić information content (AvgIpc) is 2.65. The van der Waals surface area contributed by atoms with E-state index in [0.717, 1.165) is 0 Å². The lowest BCUT2D eigenvalue weighted by Gasteiger charge is -2.20. The quantitative estimate of drug-likeness (QED) is 0.551. The first-order chi connectivity index (χ1) is 14.2. The number of carbonyl (C=O) groups is 2. The molecule has 0 saturated heterocycles. The van der Waals surface area contributed by atoms with Gasteiger partial charge in [0.1, 0.15) is 11.8 Å². The number of rotatable bonds is 9. The number of amides is 2. The number of alkyl halides is 2. The van der Waals surface area contributed by atoms with Gasteiger partial charge < -0.3 is 15.4 Å². The van der Waals surface area contributed by atoms with E-state index in [9.17, 15) is 18.4 Å². The maximum atomic E-state index is 12.7. The molecule has 0 aliphatic carbocycles. The Bertz CT molecular complexity index is 877. The van der Waals surface area contributed by atoms with Crippen LogP contribution >= 0.6 is 23.2 Å². The van der Waals surface area contributed by atoms with Crippen LogP contribution in [0, 0.1) is 5.92 Å². The molecule has 162 valence electrons. The van der Waals surface area contributed by atoms with Gasteiger partial charge >= 0.3 is 6.61 Å². The molecule has 30 heavy (non-hydrogen) atoms. The fourth-order valence-corrected chi connectivity index (χ4v) is 3.21. The highest BCUT2D eigenvalue weighted by Gasteiger charge is 2.23. The minimum atomic E-state index is -2.90. The third kappa shape index (κ3) is 7.46. The molecule has 0 heterocycles. The summed E-state index contributed by atoms with van der Waals surface area (Å²) in [7, 11) is 0. The summed E-state index contributed by atoms with van der Waals surface area (Å²) in [4.78, 5) is 25.2. The minimum absolute atomic E-state index is 0.0323. The summed E-state index contributed by atoms with van der Waals surface area (Å²) in [5.41, 5.74) is 0.914. The lowest BCUT2D eigenvalue weighted by atomic mass is 10.0. The van der Waals surface area contributed by atoms with Crippen molar-refractivity contribution in [3.05, 3.63) is 63.6 Å². The minimum Gasteiger partial charge on any atom is -0.435 e. The molecule has 1 unspecified atom stereocenters. The molecular formula is C21H22Cl2F2N2O3. The molecule has 0 bridgehead atoms. The van der Waals surface area contributed by atoms with Crippen LogP contribution in [0.5, 0.6) is 5.75 Å². The van der Waals surface area contributed by atoms with Crippen molar-refractivity contribution in [1.82, 2.24) is 10.6 Å². The SMILES string of the molecule is CC(C)CC(NC(=O)c1ccc(Cl)cc1Cl)C(=O)NCc1ccc(OC(F)F)cc1. The van der Waals surface area contributed by atoms with Crippen LogP contribution in [0.1, 0.15) is 36.2 Å². The van der Waals surface area contributed by atoms with Crippen LogP contribution in [0.25, 0.3) is 0 Å². The number of hydrogen-bond acceptors (Lipinski definition) is 3. The van der Waals surface area contributed by atoms with E-state index in [1.807, 2.05) is 13.8 Å². The molecule has 0 aromatic heterocycles. The fourth-order valence-electron chi connectivity index (χ4n) is 2.71. The summed E-state index contributed by atoms with van der Waals surface area (Å²) in [6.45, 7) is 1.14. The Hall–Kier alpha value is -2.38. The predicted molar refractivity (Wildman–Crippen MR) is 112 cm³/mol. The van der Waals surface area contributed by atoms with E-state index in [1.165, 1.54) is 24.3 Å². The zero-order valence-electron chi connectivity index (χ0n) is 16.4. The van der Waals surface area contributed by atoms with Gasteiger partial charge in [-0.05, 0) is 48.2 Å². The van der Waals surface area contributed by atoms with Gasteiger partial charge in [-0.1, -0.05) is 49.2 Å². The topological polar surface area (TPSA) is 67.4 Å². The Morgan fingerprint density at radius 1 is 1.07 bits per heavy atom. The molecular weight excluding hydrogens is 437 g/mol. The first-order valence-electron chi connectivity index (χ1n) is 9.23. The molecule has 5 nitrogen and oxygen atoms in total. The van der Waals surface area contributed by atoms with Crippen molar-refractivity contribution in [3.63, 3.8) is 0 Å². The van der Waals surface area contributed by atoms with E-state index >= 15 is 0 Å². The second-order valence-corrected chi connectivity index (χ2v) is 7.86. The van der Waals surface area contributed by atoms with Crippen LogP contribution in [-0.2, 0) is 11.3 Å². The van der Waals surface area contributed by atoms with E-state index in [-0.39, 0.29) is 34.7 Å². The third-order valence-electron chi connectivity index (χ3n) is 4.12. The van der Waals surface area contributed by atoms with Gasteiger partial charge in [-0.2, -0.15) is 8.78 Å². The molecule has 0 fully saturated rings. The Kier molecular flexibility index (Phi) is 8.87. The molecule has 1 atom stereocenters. The maximum Gasteiger partial charge on any atom is 0.387 e. The van der Waals surface area contributed by atoms with Crippen LogP contribution in [0.3, 0.4) is 0 Å². The summed E-state index contributed by atoms with van der Waals surface area (Å²) in [6.07, 6.45) is 0.421. The fraction of sp³-hybridized carbons (Fsp3) is 0.333. The molecule has 2 N–H and O–H groups in total. The van der Waals surface area contributed by atoms with Crippen LogP contribution < -0.4 is 15.4 Å². The molecule has 0 saturated carbocycles. The Labute approximate surface area is 183 Å². The van der Waals surface area contributed by atoms with Gasteiger partial charge in [0.25, 0.3) is 5.91 Å². The van der Waals surface area contributed by atoms with Crippen LogP contribution in [0.2, 0.25) is 10.0 Å². The highest BCUT2D eigenvalue weighted by atomic mass is 35.5. The van der Waals surface area contributed by atoms with Gasteiger partial charge in [0.2, 0.25) is 5.91 Å². The van der Waals surface area contributed by atoms with Crippen LogP contribution in [0.4, 0.5) is 8.78 Å². The molecule has 0 radical (unpaired) electrons. The normalized spacial score (nSPS) is 12.0. The number of nitrogens with one attached hydrogen (secondary N) is 2. The van der Waals surface area contributed by atoms with Crippen LogP contribution in [-0.4, -0.2) is 24.5 Å². The summed E-state index contributed by atoms with van der Waals surface area (Å²) < 4.78 is 28.7. The first kappa shape index (κ1) is 23.9.